The second-order valence-electron chi connectivity index (χ2n) is 6.94. The van der Waals surface area contributed by atoms with E-state index in [-0.39, 0.29) is 5.91 Å². The molecule has 0 fully saturated rings. The van der Waals surface area contributed by atoms with Crippen molar-refractivity contribution in [2.75, 3.05) is 14.2 Å². The number of benzene rings is 3. The SMILES string of the molecule is COc1ccc(-c2cc(C(=O)NN=C(C)c3ccc4ccccc4c3)[nH]n2)cc1OC. The molecule has 0 saturated carbocycles. The molecule has 0 aliphatic heterocycles. The number of H-pyrrole nitrogens is 1. The van der Waals surface area contributed by atoms with Gasteiger partial charge in [-0.1, -0.05) is 36.4 Å². The Labute approximate surface area is 179 Å². The van der Waals surface area contributed by atoms with E-state index in [1.807, 2.05) is 49.4 Å². The number of fused-ring (bicyclic) bond motifs is 1. The fourth-order valence-corrected chi connectivity index (χ4v) is 3.26. The van der Waals surface area contributed by atoms with E-state index < -0.39 is 0 Å². The quantitative estimate of drug-likeness (QED) is 0.362. The van der Waals surface area contributed by atoms with Gasteiger partial charge in [-0.05, 0) is 53.6 Å². The Morgan fingerprint density at radius 1 is 0.935 bits per heavy atom. The van der Waals surface area contributed by atoms with Gasteiger partial charge in [0, 0.05) is 5.56 Å². The molecule has 4 rings (SSSR count). The van der Waals surface area contributed by atoms with Crippen LogP contribution in [-0.2, 0) is 0 Å². The molecule has 1 aromatic heterocycles. The van der Waals surface area contributed by atoms with Crippen molar-refractivity contribution in [1.29, 1.82) is 0 Å². The summed E-state index contributed by atoms with van der Waals surface area (Å²) in [6, 6.07) is 21.3. The number of aromatic amines is 1. The smallest absolute Gasteiger partial charge is 0.289 e. The molecule has 0 aliphatic carbocycles. The fraction of sp³-hybridized carbons (Fsp3) is 0.125. The molecule has 0 atom stereocenters. The van der Waals surface area contributed by atoms with Crippen LogP contribution in [0.2, 0.25) is 0 Å². The lowest BCUT2D eigenvalue weighted by Gasteiger charge is -2.08. The number of aromatic nitrogens is 2. The highest BCUT2D eigenvalue weighted by atomic mass is 16.5. The molecule has 1 heterocycles. The van der Waals surface area contributed by atoms with Crippen LogP contribution in [0.15, 0.2) is 71.8 Å². The summed E-state index contributed by atoms with van der Waals surface area (Å²) in [5.74, 6) is 0.835. The monoisotopic (exact) mass is 414 g/mol. The number of hydrazone groups is 1. The molecule has 0 bridgehead atoms. The Morgan fingerprint density at radius 3 is 2.48 bits per heavy atom. The molecule has 7 nitrogen and oxygen atoms in total. The summed E-state index contributed by atoms with van der Waals surface area (Å²) in [4.78, 5) is 12.5. The maximum absolute atomic E-state index is 12.5. The van der Waals surface area contributed by atoms with Crippen molar-refractivity contribution in [3.63, 3.8) is 0 Å². The van der Waals surface area contributed by atoms with Gasteiger partial charge in [0.15, 0.2) is 11.5 Å². The number of hydrogen-bond donors (Lipinski definition) is 2. The number of methoxy groups -OCH3 is 2. The van der Waals surface area contributed by atoms with E-state index in [1.165, 1.54) is 0 Å². The fourth-order valence-electron chi connectivity index (χ4n) is 3.26. The van der Waals surface area contributed by atoms with Gasteiger partial charge in [-0.3, -0.25) is 9.89 Å². The third-order valence-electron chi connectivity index (χ3n) is 4.99. The third kappa shape index (κ3) is 4.25. The molecule has 0 unspecified atom stereocenters. The number of carbonyl (C=O) groups excluding carboxylic acids is 1. The van der Waals surface area contributed by atoms with Crippen molar-refractivity contribution < 1.29 is 14.3 Å². The van der Waals surface area contributed by atoms with E-state index in [1.54, 1.807) is 32.4 Å². The van der Waals surface area contributed by atoms with Crippen molar-refractivity contribution >= 4 is 22.4 Å². The number of ether oxygens (including phenoxy) is 2. The molecule has 0 aliphatic rings. The third-order valence-corrected chi connectivity index (χ3v) is 4.99. The Morgan fingerprint density at radius 2 is 1.71 bits per heavy atom. The summed E-state index contributed by atoms with van der Waals surface area (Å²) in [5.41, 5.74) is 5.94. The second kappa shape index (κ2) is 8.71. The van der Waals surface area contributed by atoms with Gasteiger partial charge in [0.2, 0.25) is 0 Å². The van der Waals surface area contributed by atoms with Crippen LogP contribution in [0.5, 0.6) is 11.5 Å². The normalized spacial score (nSPS) is 11.4. The lowest BCUT2D eigenvalue weighted by Crippen LogP contribution is -2.19. The summed E-state index contributed by atoms with van der Waals surface area (Å²) < 4.78 is 10.6. The molecule has 0 radical (unpaired) electrons. The first-order valence-corrected chi connectivity index (χ1v) is 9.70. The first kappa shape index (κ1) is 20.2. The second-order valence-corrected chi connectivity index (χ2v) is 6.94. The van der Waals surface area contributed by atoms with Crippen molar-refractivity contribution in [2.45, 2.75) is 6.92 Å². The molecule has 156 valence electrons. The Balaban J connectivity index is 1.49. The van der Waals surface area contributed by atoms with E-state index in [4.69, 9.17) is 9.47 Å². The summed E-state index contributed by atoms with van der Waals surface area (Å²) in [6.45, 7) is 1.85. The van der Waals surface area contributed by atoms with E-state index in [0.29, 0.717) is 28.6 Å². The van der Waals surface area contributed by atoms with Gasteiger partial charge >= 0.3 is 0 Å². The number of carbonyl (C=O) groups is 1. The van der Waals surface area contributed by atoms with E-state index >= 15 is 0 Å². The van der Waals surface area contributed by atoms with E-state index in [2.05, 4.69) is 26.8 Å². The minimum Gasteiger partial charge on any atom is -0.493 e. The first-order chi connectivity index (χ1) is 15.1. The summed E-state index contributed by atoms with van der Waals surface area (Å²) >= 11 is 0. The molecular formula is C24H22N4O3. The molecule has 7 heteroatoms. The van der Waals surface area contributed by atoms with E-state index in [0.717, 1.165) is 21.9 Å². The highest BCUT2D eigenvalue weighted by Crippen LogP contribution is 2.31. The summed E-state index contributed by atoms with van der Waals surface area (Å²) in [6.07, 6.45) is 0. The van der Waals surface area contributed by atoms with Gasteiger partial charge in [0.1, 0.15) is 5.69 Å². The number of nitrogens with zero attached hydrogens (tertiary/aromatic N) is 2. The highest BCUT2D eigenvalue weighted by Gasteiger charge is 2.13. The lowest BCUT2D eigenvalue weighted by molar-refractivity contribution is 0.0950. The zero-order chi connectivity index (χ0) is 21.8. The van der Waals surface area contributed by atoms with E-state index in [9.17, 15) is 4.79 Å². The minimum atomic E-state index is -0.376. The molecule has 0 saturated heterocycles. The molecule has 1 amide bonds. The molecule has 31 heavy (non-hydrogen) atoms. The molecule has 4 aromatic rings. The maximum Gasteiger partial charge on any atom is 0.289 e. The Hall–Kier alpha value is -4.13. The minimum absolute atomic E-state index is 0.305. The summed E-state index contributed by atoms with van der Waals surface area (Å²) in [7, 11) is 3.15. The van der Waals surface area contributed by atoms with Crippen LogP contribution in [0.1, 0.15) is 23.0 Å². The summed E-state index contributed by atoms with van der Waals surface area (Å²) in [5, 5.41) is 13.5. The Bertz CT molecular complexity index is 1280. The zero-order valence-electron chi connectivity index (χ0n) is 17.5. The van der Waals surface area contributed by atoms with Crippen LogP contribution in [0.3, 0.4) is 0 Å². The molecule has 0 spiro atoms. The van der Waals surface area contributed by atoms with Gasteiger partial charge in [-0.25, -0.2) is 5.43 Å². The number of hydrogen-bond acceptors (Lipinski definition) is 5. The highest BCUT2D eigenvalue weighted by molar-refractivity contribution is 6.03. The average molecular weight is 414 g/mol. The maximum atomic E-state index is 12.5. The van der Waals surface area contributed by atoms with Crippen LogP contribution in [0, 0.1) is 0 Å². The van der Waals surface area contributed by atoms with Crippen molar-refractivity contribution in [1.82, 2.24) is 15.6 Å². The van der Waals surface area contributed by atoms with Crippen LogP contribution >= 0.6 is 0 Å². The van der Waals surface area contributed by atoms with Gasteiger partial charge in [0.25, 0.3) is 5.91 Å². The van der Waals surface area contributed by atoms with Crippen LogP contribution in [0.4, 0.5) is 0 Å². The van der Waals surface area contributed by atoms with Crippen molar-refractivity contribution in [3.05, 3.63) is 78.0 Å². The molecular weight excluding hydrogens is 392 g/mol. The zero-order valence-corrected chi connectivity index (χ0v) is 17.5. The molecule has 2 N–H and O–H groups in total. The first-order valence-electron chi connectivity index (χ1n) is 9.70. The number of amides is 1. The number of rotatable bonds is 6. The Kier molecular flexibility index (Phi) is 5.66. The topological polar surface area (TPSA) is 88.6 Å². The van der Waals surface area contributed by atoms with Gasteiger partial charge in [-0.2, -0.15) is 10.2 Å². The standard InChI is InChI=1S/C24H22N4O3/c1-15(17-9-8-16-6-4-5-7-18(16)12-17)25-28-24(29)21-14-20(26-27-21)19-10-11-22(30-2)23(13-19)31-3/h4-14H,1-3H3,(H,26,27)(H,28,29). The van der Waals surface area contributed by atoms with Crippen molar-refractivity contribution in [2.24, 2.45) is 5.10 Å². The molecule has 3 aromatic carbocycles. The van der Waals surface area contributed by atoms with Gasteiger partial charge in [0.05, 0.1) is 25.6 Å². The van der Waals surface area contributed by atoms with Crippen LogP contribution in [-0.4, -0.2) is 36.0 Å². The van der Waals surface area contributed by atoms with Gasteiger partial charge in [-0.15, -0.1) is 0 Å². The largest absolute Gasteiger partial charge is 0.493 e. The number of nitrogens with one attached hydrogen (secondary N) is 2. The van der Waals surface area contributed by atoms with Crippen molar-refractivity contribution in [3.8, 4) is 22.8 Å². The van der Waals surface area contributed by atoms with Gasteiger partial charge < -0.3 is 9.47 Å². The predicted octanol–water partition coefficient (Wildman–Crippen LogP) is 4.40. The predicted molar refractivity (Wildman–Crippen MR) is 121 cm³/mol. The van der Waals surface area contributed by atoms with Crippen LogP contribution in [0.25, 0.3) is 22.0 Å². The van der Waals surface area contributed by atoms with Crippen LogP contribution < -0.4 is 14.9 Å². The lowest BCUT2D eigenvalue weighted by atomic mass is 10.0. The average Bonchev–Trinajstić information content (AvgIpc) is 3.32.